The van der Waals surface area contributed by atoms with Crippen LogP contribution in [0.3, 0.4) is 0 Å². The number of carbonyl (C=O) groups is 2. The molecule has 0 fully saturated rings. The number of rotatable bonds is 15. The molecule has 0 aliphatic carbocycles. The molecule has 32 heavy (non-hydrogen) atoms. The van der Waals surface area contributed by atoms with E-state index in [2.05, 4.69) is 81.5 Å². The minimum atomic E-state index is -0.145. The van der Waals surface area contributed by atoms with Crippen molar-refractivity contribution in [2.24, 2.45) is 27.6 Å². The predicted octanol–water partition coefficient (Wildman–Crippen LogP) is 7.45. The third-order valence-corrected chi connectivity index (χ3v) is 7.70. The molecule has 192 valence electrons. The second kappa shape index (κ2) is 15.1. The molecule has 1 N–H and O–H groups in total. The minimum absolute atomic E-state index is 0.0119. The molecule has 0 aliphatic heterocycles. The fourth-order valence-electron chi connectivity index (χ4n) is 4.16. The van der Waals surface area contributed by atoms with E-state index in [0.717, 1.165) is 44.4 Å². The monoisotopic (exact) mass is 455 g/mol. The maximum absolute atomic E-state index is 11.6. The topological polar surface area (TPSA) is 55.4 Å². The Balaban J connectivity index is 0. The van der Waals surface area contributed by atoms with Crippen LogP contribution in [0.2, 0.25) is 0 Å². The van der Waals surface area contributed by atoms with Gasteiger partial charge in [0.25, 0.3) is 0 Å². The van der Waals surface area contributed by atoms with Gasteiger partial charge in [-0.25, -0.2) is 0 Å². The Morgan fingerprint density at radius 1 is 0.969 bits per heavy atom. The second-order valence-electron chi connectivity index (χ2n) is 12.4. The van der Waals surface area contributed by atoms with Crippen LogP contribution in [0.25, 0.3) is 0 Å². The summed E-state index contributed by atoms with van der Waals surface area (Å²) in [5.74, 6) is 0.629. The highest BCUT2D eigenvalue weighted by molar-refractivity contribution is 5.69. The Morgan fingerprint density at radius 3 is 1.97 bits per heavy atom. The molecule has 0 saturated heterocycles. The largest absolute Gasteiger partial charge is 0.465 e. The van der Waals surface area contributed by atoms with Gasteiger partial charge in [-0.2, -0.15) is 0 Å². The van der Waals surface area contributed by atoms with Gasteiger partial charge in [0, 0.05) is 19.4 Å². The zero-order chi connectivity index (χ0) is 25.6. The van der Waals surface area contributed by atoms with Crippen LogP contribution in [0.4, 0.5) is 0 Å². The first-order chi connectivity index (χ1) is 14.5. The lowest BCUT2D eigenvalue weighted by Gasteiger charge is -2.46. The highest BCUT2D eigenvalue weighted by Crippen LogP contribution is 2.45. The number of carbonyl (C=O) groups excluding carboxylic acids is 2. The van der Waals surface area contributed by atoms with Gasteiger partial charge in [0.1, 0.15) is 6.29 Å². The van der Waals surface area contributed by atoms with Crippen LogP contribution >= 0.6 is 0 Å². The van der Waals surface area contributed by atoms with Gasteiger partial charge in [-0.3, -0.25) is 4.79 Å². The first-order valence-corrected chi connectivity index (χ1v) is 12.8. The molecule has 0 aromatic heterocycles. The first kappa shape index (κ1) is 33.3. The molecule has 0 amide bonds. The summed E-state index contributed by atoms with van der Waals surface area (Å²) in [4.78, 5) is 21.7. The summed E-state index contributed by atoms with van der Waals surface area (Å²) in [6.07, 6.45) is 6.76. The van der Waals surface area contributed by atoms with Crippen molar-refractivity contribution >= 4 is 12.3 Å². The highest BCUT2D eigenvalue weighted by Gasteiger charge is 2.39. The van der Waals surface area contributed by atoms with Crippen molar-refractivity contribution in [1.82, 2.24) is 5.32 Å². The van der Waals surface area contributed by atoms with E-state index in [1.807, 2.05) is 7.05 Å². The van der Waals surface area contributed by atoms with Crippen LogP contribution in [-0.4, -0.2) is 32.5 Å². The fourth-order valence-corrected chi connectivity index (χ4v) is 4.16. The maximum atomic E-state index is 11.6. The number of aldehydes is 1. The van der Waals surface area contributed by atoms with Gasteiger partial charge in [-0.05, 0) is 53.9 Å². The standard InChI is InChI=1S/C16H30O3.C12H27N/c1-6-15(2,3)12-16(4,5)13-19-14(18)10-8-7-9-11-17;1-8-10(2)12(5,6)11(3,4)9-13-7/h11H,6-10,12-13H2,1-5H3;10,13H,8-9H2,1-7H3. The van der Waals surface area contributed by atoms with Gasteiger partial charge < -0.3 is 14.8 Å². The number of nitrogens with one attached hydrogen (secondary N) is 1. The zero-order valence-corrected chi connectivity index (χ0v) is 23.7. The third kappa shape index (κ3) is 13.6. The van der Waals surface area contributed by atoms with E-state index in [1.165, 1.54) is 6.42 Å². The number of hydrogen-bond acceptors (Lipinski definition) is 4. The van der Waals surface area contributed by atoms with Crippen LogP contribution in [0.15, 0.2) is 0 Å². The van der Waals surface area contributed by atoms with E-state index in [9.17, 15) is 9.59 Å². The Bertz CT molecular complexity index is 521. The Morgan fingerprint density at radius 2 is 1.53 bits per heavy atom. The number of esters is 1. The van der Waals surface area contributed by atoms with E-state index < -0.39 is 0 Å². The summed E-state index contributed by atoms with van der Waals surface area (Å²) in [7, 11) is 2.04. The average molecular weight is 456 g/mol. The smallest absolute Gasteiger partial charge is 0.305 e. The van der Waals surface area contributed by atoms with Crippen molar-refractivity contribution in [2.75, 3.05) is 20.2 Å². The lowest BCUT2D eigenvalue weighted by molar-refractivity contribution is -0.147. The SMILES string of the molecule is CCC(C)(C)CC(C)(C)COC(=O)CCCCC=O.CCC(C)C(C)(C)C(C)(C)CNC. The van der Waals surface area contributed by atoms with E-state index in [0.29, 0.717) is 30.3 Å². The number of ether oxygens (including phenoxy) is 1. The lowest BCUT2D eigenvalue weighted by Crippen LogP contribution is -2.43. The van der Waals surface area contributed by atoms with Crippen molar-refractivity contribution in [3.63, 3.8) is 0 Å². The van der Waals surface area contributed by atoms with Crippen LogP contribution in [0.5, 0.6) is 0 Å². The summed E-state index contributed by atoms with van der Waals surface area (Å²) < 4.78 is 5.35. The normalized spacial score (nSPS) is 13.8. The maximum Gasteiger partial charge on any atom is 0.305 e. The van der Waals surface area contributed by atoms with Crippen molar-refractivity contribution in [3.8, 4) is 0 Å². The summed E-state index contributed by atoms with van der Waals surface area (Å²) in [6, 6.07) is 0. The minimum Gasteiger partial charge on any atom is -0.465 e. The molecule has 0 aromatic rings. The van der Waals surface area contributed by atoms with Gasteiger partial charge in [0.15, 0.2) is 0 Å². The summed E-state index contributed by atoms with van der Waals surface area (Å²) in [5, 5.41) is 3.29. The molecular weight excluding hydrogens is 398 g/mol. The Hall–Kier alpha value is -0.900. The van der Waals surface area contributed by atoms with Gasteiger partial charge in [0.05, 0.1) is 6.61 Å². The van der Waals surface area contributed by atoms with Crippen molar-refractivity contribution < 1.29 is 14.3 Å². The average Bonchev–Trinajstić information content (AvgIpc) is 2.68. The molecule has 1 atom stereocenters. The van der Waals surface area contributed by atoms with Crippen LogP contribution < -0.4 is 5.32 Å². The molecule has 0 bridgehead atoms. The first-order valence-electron chi connectivity index (χ1n) is 12.8. The Kier molecular flexibility index (Phi) is 15.7. The molecule has 0 spiro atoms. The molecule has 4 heteroatoms. The Labute approximate surface area is 201 Å². The summed E-state index contributed by atoms with van der Waals surface area (Å²) in [5.41, 5.74) is 1.04. The van der Waals surface area contributed by atoms with Gasteiger partial charge in [0.2, 0.25) is 0 Å². The molecule has 0 radical (unpaired) electrons. The molecular formula is C28H57NO3. The summed E-state index contributed by atoms with van der Waals surface area (Å²) >= 11 is 0. The van der Waals surface area contributed by atoms with E-state index in [4.69, 9.17) is 4.74 Å². The van der Waals surface area contributed by atoms with Crippen LogP contribution in [0.1, 0.15) is 121 Å². The van der Waals surface area contributed by atoms with E-state index in [1.54, 1.807) is 0 Å². The van der Waals surface area contributed by atoms with E-state index >= 15 is 0 Å². The summed E-state index contributed by atoms with van der Waals surface area (Å²) in [6.45, 7) is 26.7. The van der Waals surface area contributed by atoms with Crippen molar-refractivity contribution in [1.29, 1.82) is 0 Å². The quantitative estimate of drug-likeness (QED) is 0.158. The van der Waals surface area contributed by atoms with Crippen molar-refractivity contribution in [2.45, 2.75) is 121 Å². The molecule has 0 aliphatic rings. The number of unbranched alkanes of at least 4 members (excludes halogenated alkanes) is 2. The van der Waals surface area contributed by atoms with Crippen LogP contribution in [-0.2, 0) is 14.3 Å². The molecule has 0 heterocycles. The second-order valence-corrected chi connectivity index (χ2v) is 12.4. The lowest BCUT2D eigenvalue weighted by atomic mass is 9.61. The van der Waals surface area contributed by atoms with Gasteiger partial charge in [-0.15, -0.1) is 0 Å². The van der Waals surface area contributed by atoms with Gasteiger partial charge >= 0.3 is 5.97 Å². The van der Waals surface area contributed by atoms with E-state index in [-0.39, 0.29) is 16.8 Å². The fraction of sp³-hybridized carbons (Fsp3) is 0.929. The van der Waals surface area contributed by atoms with Crippen LogP contribution in [0, 0.1) is 27.6 Å². The third-order valence-electron chi connectivity index (χ3n) is 7.70. The highest BCUT2D eigenvalue weighted by atomic mass is 16.5. The number of hydrogen-bond donors (Lipinski definition) is 1. The molecule has 1 unspecified atom stereocenters. The predicted molar refractivity (Wildman–Crippen MR) is 139 cm³/mol. The molecule has 0 saturated carbocycles. The van der Waals surface area contributed by atoms with Gasteiger partial charge in [-0.1, -0.05) is 89.0 Å². The van der Waals surface area contributed by atoms with Crippen molar-refractivity contribution in [3.05, 3.63) is 0 Å². The molecule has 0 rings (SSSR count). The zero-order valence-electron chi connectivity index (χ0n) is 23.7. The molecule has 4 nitrogen and oxygen atoms in total. The molecule has 0 aromatic carbocycles.